The van der Waals surface area contributed by atoms with E-state index in [-0.39, 0.29) is 12.8 Å². The van der Waals surface area contributed by atoms with Crippen LogP contribution in [0.1, 0.15) is 0 Å². The van der Waals surface area contributed by atoms with Crippen molar-refractivity contribution in [3.63, 3.8) is 0 Å². The molecule has 0 aliphatic rings. The molecule has 0 aromatic heterocycles. The number of carbonyl (C=O) groups is 1. The highest BCUT2D eigenvalue weighted by atomic mass is 16.5. The number of nitrogens with one attached hydrogen (secondary N) is 2. The van der Waals surface area contributed by atoms with Crippen molar-refractivity contribution < 1.29 is 9.53 Å². The van der Waals surface area contributed by atoms with E-state index in [1.54, 1.807) is 0 Å². The van der Waals surface area contributed by atoms with Crippen LogP contribution in [0.5, 0.6) is 5.75 Å². The molecular weight excluding hydrogens is 266 g/mol. The van der Waals surface area contributed by atoms with Gasteiger partial charge < -0.3 is 20.3 Å². The number of nitrogens with zero attached hydrogens (tertiary/aromatic N) is 1. The Morgan fingerprint density at radius 2 is 1.71 bits per heavy atom. The average Bonchev–Trinajstić information content (AvgIpc) is 2.49. The summed E-state index contributed by atoms with van der Waals surface area (Å²) in [6.45, 7) is 0.117. The minimum absolute atomic E-state index is 0.117. The lowest BCUT2D eigenvalue weighted by molar-refractivity contribution is 0.234. The standard InChI is InChI=1S/C16H19N3O2/c1-19(2)14-10-8-13(9-11-14)18-16(20)17-12-21-15-6-4-3-5-7-15/h3-11H,12H2,1-2H3,(H2,17,18,20). The molecule has 0 unspecified atom stereocenters. The molecule has 5 heteroatoms. The summed E-state index contributed by atoms with van der Waals surface area (Å²) in [7, 11) is 3.94. The number of amides is 2. The summed E-state index contributed by atoms with van der Waals surface area (Å²) in [4.78, 5) is 13.7. The van der Waals surface area contributed by atoms with Gasteiger partial charge in [0.2, 0.25) is 0 Å². The predicted octanol–water partition coefficient (Wildman–Crippen LogP) is 2.91. The Morgan fingerprint density at radius 3 is 2.33 bits per heavy atom. The lowest BCUT2D eigenvalue weighted by atomic mass is 10.2. The fourth-order valence-corrected chi connectivity index (χ4v) is 1.72. The zero-order valence-corrected chi connectivity index (χ0v) is 12.2. The summed E-state index contributed by atoms with van der Waals surface area (Å²) in [5.41, 5.74) is 1.81. The normalized spacial score (nSPS) is 9.81. The van der Waals surface area contributed by atoms with Gasteiger partial charge in [-0.2, -0.15) is 0 Å². The first kappa shape index (κ1) is 14.7. The largest absolute Gasteiger partial charge is 0.473 e. The Labute approximate surface area is 124 Å². The molecule has 5 nitrogen and oxygen atoms in total. The summed E-state index contributed by atoms with van der Waals surface area (Å²) in [5, 5.41) is 5.38. The van der Waals surface area contributed by atoms with Crippen molar-refractivity contribution >= 4 is 17.4 Å². The molecule has 0 saturated carbocycles. The molecule has 21 heavy (non-hydrogen) atoms. The SMILES string of the molecule is CN(C)c1ccc(NC(=O)NCOc2ccccc2)cc1. The third-order valence-electron chi connectivity index (χ3n) is 2.86. The van der Waals surface area contributed by atoms with E-state index in [2.05, 4.69) is 10.6 Å². The number of hydrogen-bond donors (Lipinski definition) is 2. The van der Waals surface area contributed by atoms with Crippen LogP contribution >= 0.6 is 0 Å². The van der Waals surface area contributed by atoms with Gasteiger partial charge in [-0.15, -0.1) is 0 Å². The van der Waals surface area contributed by atoms with E-state index in [9.17, 15) is 4.79 Å². The molecule has 0 atom stereocenters. The molecule has 0 bridgehead atoms. The Bertz CT molecular complexity index is 568. The first-order chi connectivity index (χ1) is 10.1. The third-order valence-corrected chi connectivity index (χ3v) is 2.86. The molecule has 0 fully saturated rings. The van der Waals surface area contributed by atoms with Crippen LogP contribution in [0, 0.1) is 0 Å². The third kappa shape index (κ3) is 4.72. The maximum atomic E-state index is 11.7. The lowest BCUT2D eigenvalue weighted by Crippen LogP contribution is -2.32. The van der Waals surface area contributed by atoms with Gasteiger partial charge in [-0.3, -0.25) is 0 Å². The van der Waals surface area contributed by atoms with Gasteiger partial charge in [-0.1, -0.05) is 18.2 Å². The summed E-state index contributed by atoms with van der Waals surface area (Å²) < 4.78 is 5.39. The highest BCUT2D eigenvalue weighted by molar-refractivity contribution is 5.89. The summed E-state index contributed by atoms with van der Waals surface area (Å²) in [5.74, 6) is 0.716. The Kier molecular flexibility index (Phi) is 5.04. The van der Waals surface area contributed by atoms with E-state index in [0.29, 0.717) is 5.75 Å². The fourth-order valence-electron chi connectivity index (χ4n) is 1.72. The van der Waals surface area contributed by atoms with Crippen LogP contribution in [-0.4, -0.2) is 26.9 Å². The van der Waals surface area contributed by atoms with E-state index in [1.807, 2.05) is 73.6 Å². The van der Waals surface area contributed by atoms with Crippen LogP contribution in [-0.2, 0) is 0 Å². The Hall–Kier alpha value is -2.69. The first-order valence-electron chi connectivity index (χ1n) is 6.65. The quantitative estimate of drug-likeness (QED) is 0.831. The zero-order chi connectivity index (χ0) is 15.1. The number of hydrogen-bond acceptors (Lipinski definition) is 3. The lowest BCUT2D eigenvalue weighted by Gasteiger charge is -2.13. The predicted molar refractivity (Wildman–Crippen MR) is 84.9 cm³/mol. The van der Waals surface area contributed by atoms with E-state index >= 15 is 0 Å². The fraction of sp³-hybridized carbons (Fsp3) is 0.188. The second kappa shape index (κ2) is 7.19. The molecule has 2 rings (SSSR count). The van der Waals surface area contributed by atoms with Crippen molar-refractivity contribution in [1.82, 2.24) is 5.32 Å². The molecule has 0 aliphatic carbocycles. The van der Waals surface area contributed by atoms with E-state index in [1.165, 1.54) is 0 Å². The number of rotatable bonds is 5. The van der Waals surface area contributed by atoms with Crippen molar-refractivity contribution in [2.75, 3.05) is 31.0 Å². The van der Waals surface area contributed by atoms with Gasteiger partial charge in [-0.25, -0.2) is 4.79 Å². The molecular formula is C16H19N3O2. The van der Waals surface area contributed by atoms with Crippen LogP contribution in [0.4, 0.5) is 16.2 Å². The van der Waals surface area contributed by atoms with Gasteiger partial charge in [0.25, 0.3) is 0 Å². The molecule has 0 spiro atoms. The molecule has 2 N–H and O–H groups in total. The number of anilines is 2. The van der Waals surface area contributed by atoms with Gasteiger partial charge in [0, 0.05) is 25.5 Å². The summed E-state index contributed by atoms with van der Waals surface area (Å²) >= 11 is 0. The zero-order valence-electron chi connectivity index (χ0n) is 12.2. The van der Waals surface area contributed by atoms with Crippen LogP contribution in [0.3, 0.4) is 0 Å². The topological polar surface area (TPSA) is 53.6 Å². The van der Waals surface area contributed by atoms with Crippen LogP contribution in [0.2, 0.25) is 0 Å². The average molecular weight is 285 g/mol. The first-order valence-corrected chi connectivity index (χ1v) is 6.65. The Morgan fingerprint density at radius 1 is 1.05 bits per heavy atom. The molecule has 2 aromatic carbocycles. The summed E-state index contributed by atoms with van der Waals surface area (Å²) in [6, 6.07) is 16.6. The number of urea groups is 1. The highest BCUT2D eigenvalue weighted by Gasteiger charge is 2.02. The highest BCUT2D eigenvalue weighted by Crippen LogP contribution is 2.15. The monoisotopic (exact) mass is 285 g/mol. The number of benzene rings is 2. The number of carbonyl (C=O) groups excluding carboxylic acids is 1. The van der Waals surface area contributed by atoms with E-state index in [0.717, 1.165) is 11.4 Å². The maximum Gasteiger partial charge on any atom is 0.321 e. The molecule has 2 amide bonds. The van der Waals surface area contributed by atoms with Crippen LogP contribution < -0.4 is 20.3 Å². The Balaban J connectivity index is 1.76. The molecule has 0 radical (unpaired) electrons. The van der Waals surface area contributed by atoms with Gasteiger partial charge in [0.15, 0.2) is 6.73 Å². The maximum absolute atomic E-state index is 11.7. The second-order valence-electron chi connectivity index (χ2n) is 4.67. The van der Waals surface area contributed by atoms with Crippen molar-refractivity contribution in [3.05, 3.63) is 54.6 Å². The summed E-state index contributed by atoms with van der Waals surface area (Å²) in [6.07, 6.45) is 0. The molecule has 0 saturated heterocycles. The van der Waals surface area contributed by atoms with E-state index < -0.39 is 0 Å². The van der Waals surface area contributed by atoms with Gasteiger partial charge in [-0.05, 0) is 36.4 Å². The molecule has 0 aliphatic heterocycles. The number of ether oxygens (including phenoxy) is 1. The van der Waals surface area contributed by atoms with Gasteiger partial charge in [0.1, 0.15) is 5.75 Å². The van der Waals surface area contributed by atoms with Gasteiger partial charge in [0.05, 0.1) is 0 Å². The smallest absolute Gasteiger partial charge is 0.321 e. The second-order valence-corrected chi connectivity index (χ2v) is 4.67. The van der Waals surface area contributed by atoms with Crippen LogP contribution in [0.15, 0.2) is 54.6 Å². The molecule has 2 aromatic rings. The minimum atomic E-state index is -0.302. The van der Waals surface area contributed by atoms with Crippen molar-refractivity contribution in [2.45, 2.75) is 0 Å². The van der Waals surface area contributed by atoms with E-state index in [4.69, 9.17) is 4.74 Å². The van der Waals surface area contributed by atoms with Gasteiger partial charge >= 0.3 is 6.03 Å². The minimum Gasteiger partial charge on any atom is -0.473 e. The van der Waals surface area contributed by atoms with Crippen molar-refractivity contribution in [1.29, 1.82) is 0 Å². The molecule has 110 valence electrons. The molecule has 0 heterocycles. The van der Waals surface area contributed by atoms with Crippen molar-refractivity contribution in [3.8, 4) is 5.75 Å². The van der Waals surface area contributed by atoms with Crippen molar-refractivity contribution in [2.24, 2.45) is 0 Å². The van der Waals surface area contributed by atoms with Crippen LogP contribution in [0.25, 0.3) is 0 Å². The number of para-hydroxylation sites is 1.